The van der Waals surface area contributed by atoms with Crippen LogP contribution in [0.5, 0.6) is 0 Å². The van der Waals surface area contributed by atoms with Crippen LogP contribution in [-0.4, -0.2) is 111 Å². The van der Waals surface area contributed by atoms with Crippen LogP contribution in [0.3, 0.4) is 0 Å². The highest BCUT2D eigenvalue weighted by Crippen LogP contribution is 2.41. The number of aliphatic hydroxyl groups is 1. The van der Waals surface area contributed by atoms with Gasteiger partial charge < -0.3 is 56.9 Å². The summed E-state index contributed by atoms with van der Waals surface area (Å²) in [6.45, 7) is 11.3. The third-order valence-corrected chi connectivity index (χ3v) is 13.4. The fourth-order valence-electron chi connectivity index (χ4n) is 9.32. The van der Waals surface area contributed by atoms with Gasteiger partial charge in [0.25, 0.3) is 5.91 Å². The van der Waals surface area contributed by atoms with Crippen LogP contribution in [0.25, 0.3) is 11.3 Å². The standard InChI is InChI=1S/C57H71F3N10O8/c1-33(2)48(67-52(73)47(61)38-14-9-8-10-15-38)53(74)66-45(17-12-24-63-55(62)76)51(72)64-41-21-19-36(20-22-41)32-78-56(77)69-28-39(44(60)30-69)29-70(54(75)35(4)71)49(57(5,6)7)50-65-46(42-25-34(3)18-23-43(42)59)31-68(50)27-37-13-11-16-40(58)26-37/h8-11,13-16,18-23,25-26,31,33,35,39,44-45,47-49,71H,12,17,24,27-30,32,61H2,1-7H3,(H,64,72)(H,66,74)(H,67,73)(H3,62,63,76)/t35-,39?,44-,45-,47-,48-,49-/m0/s1. The largest absolute Gasteiger partial charge is 0.445 e. The lowest BCUT2D eigenvalue weighted by Crippen LogP contribution is -2.55. The fourth-order valence-corrected chi connectivity index (χ4v) is 9.32. The highest BCUT2D eigenvalue weighted by Gasteiger charge is 2.44. The first-order chi connectivity index (χ1) is 36.9. The second-order valence-electron chi connectivity index (χ2n) is 21.2. The average molecular weight is 1080 g/mol. The molecule has 418 valence electrons. The van der Waals surface area contributed by atoms with Gasteiger partial charge >= 0.3 is 12.1 Å². The molecular weight excluding hydrogens is 1010 g/mol. The zero-order valence-electron chi connectivity index (χ0n) is 45.0. The first kappa shape index (κ1) is 59.5. The van der Waals surface area contributed by atoms with E-state index in [9.17, 15) is 38.3 Å². The Balaban J connectivity index is 1.12. The summed E-state index contributed by atoms with van der Waals surface area (Å²) in [4.78, 5) is 87.1. The summed E-state index contributed by atoms with van der Waals surface area (Å²) in [6, 6.07) is 20.6. The molecule has 78 heavy (non-hydrogen) atoms. The van der Waals surface area contributed by atoms with Crippen molar-refractivity contribution in [2.24, 2.45) is 28.7 Å². The van der Waals surface area contributed by atoms with E-state index in [0.717, 1.165) is 5.56 Å². The molecule has 0 spiro atoms. The SMILES string of the molecule is Cc1ccc(F)c(-c2cn(Cc3cccc(F)c3)c([C@H](N(CC3CN(C(=O)OCc4ccc(NC(=O)[C@H](CCCNC(N)=O)NC(=O)[C@@H](NC(=O)[C@@H](N)c5ccccc5)C(C)C)cc4)C[C@@H]3F)C(=O)[C@H](C)O)C(C)(C)C)n2)c1. The molecule has 1 saturated heterocycles. The van der Waals surface area contributed by atoms with E-state index in [1.807, 2.05) is 27.7 Å². The Hall–Kier alpha value is -7.78. The van der Waals surface area contributed by atoms with Gasteiger partial charge in [-0.15, -0.1) is 0 Å². The lowest BCUT2D eigenvalue weighted by molar-refractivity contribution is -0.146. The summed E-state index contributed by atoms with van der Waals surface area (Å²) in [7, 11) is 0. The minimum atomic E-state index is -1.62. The number of likely N-dealkylation sites (tertiary alicyclic amines) is 1. The van der Waals surface area contributed by atoms with Crippen molar-refractivity contribution in [3.63, 3.8) is 0 Å². The fraction of sp³-hybridized carbons (Fsp3) is 0.421. The number of benzene rings is 4. The molecule has 1 fully saturated rings. The molecule has 0 saturated carbocycles. The number of aryl methyl sites for hydroxylation is 1. The van der Waals surface area contributed by atoms with E-state index in [1.54, 1.807) is 103 Å². The number of carbonyl (C=O) groups is 6. The summed E-state index contributed by atoms with van der Waals surface area (Å²) in [5.74, 6) is -4.59. The zero-order chi connectivity index (χ0) is 57.0. The molecule has 1 aliphatic rings. The summed E-state index contributed by atoms with van der Waals surface area (Å²) < 4.78 is 53.4. The van der Waals surface area contributed by atoms with Gasteiger partial charge in [-0.05, 0) is 91.1 Å². The van der Waals surface area contributed by atoms with Gasteiger partial charge in [0.05, 0.1) is 18.3 Å². The van der Waals surface area contributed by atoms with Crippen molar-refractivity contribution < 1.29 is 51.8 Å². The molecule has 7 atom stereocenters. The van der Waals surface area contributed by atoms with Crippen LogP contribution in [0.4, 0.5) is 28.4 Å². The minimum absolute atomic E-state index is 0.0802. The molecule has 0 bridgehead atoms. The Morgan fingerprint density at radius 1 is 0.872 bits per heavy atom. The maximum atomic E-state index is 16.2. The molecule has 18 nitrogen and oxygen atoms in total. The lowest BCUT2D eigenvalue weighted by Gasteiger charge is -2.41. The van der Waals surface area contributed by atoms with Crippen molar-refractivity contribution in [2.75, 3.05) is 31.5 Å². The van der Waals surface area contributed by atoms with E-state index in [4.69, 9.17) is 21.2 Å². The Morgan fingerprint density at radius 2 is 1.58 bits per heavy atom. The first-order valence-corrected chi connectivity index (χ1v) is 25.9. The molecule has 1 aliphatic heterocycles. The number of hydrogen-bond donors (Lipinski definition) is 7. The molecule has 5 aromatic rings. The predicted molar refractivity (Wildman–Crippen MR) is 288 cm³/mol. The number of urea groups is 1. The van der Waals surface area contributed by atoms with Crippen LogP contribution < -0.4 is 32.7 Å². The number of imidazole rings is 1. The lowest BCUT2D eigenvalue weighted by atomic mass is 9.84. The number of alkyl halides is 1. The molecule has 1 unspecified atom stereocenters. The van der Waals surface area contributed by atoms with E-state index < -0.39 is 101 Å². The second kappa shape index (κ2) is 26.5. The highest BCUT2D eigenvalue weighted by atomic mass is 19.1. The summed E-state index contributed by atoms with van der Waals surface area (Å²) in [5, 5.41) is 21.5. The number of anilines is 1. The van der Waals surface area contributed by atoms with E-state index in [-0.39, 0.29) is 69.3 Å². The topological polar surface area (TPSA) is 256 Å². The maximum Gasteiger partial charge on any atom is 0.410 e. The molecule has 0 radical (unpaired) electrons. The van der Waals surface area contributed by atoms with Gasteiger partial charge in [-0.2, -0.15) is 0 Å². The van der Waals surface area contributed by atoms with Crippen molar-refractivity contribution in [3.8, 4) is 11.3 Å². The number of nitrogens with two attached hydrogens (primary N) is 2. The summed E-state index contributed by atoms with van der Waals surface area (Å²) in [5.41, 5.74) is 13.7. The number of rotatable bonds is 22. The monoisotopic (exact) mass is 1080 g/mol. The third-order valence-electron chi connectivity index (χ3n) is 13.4. The predicted octanol–water partition coefficient (Wildman–Crippen LogP) is 6.80. The number of nitrogens with zero attached hydrogens (tertiary/aromatic N) is 4. The second-order valence-corrected chi connectivity index (χ2v) is 21.2. The van der Waals surface area contributed by atoms with Crippen molar-refractivity contribution in [1.29, 1.82) is 0 Å². The Labute approximate surface area is 452 Å². The number of hydrogen-bond acceptors (Lipinski definition) is 10. The summed E-state index contributed by atoms with van der Waals surface area (Å²) in [6.07, 6.45) is -2.00. The van der Waals surface area contributed by atoms with Crippen LogP contribution in [0, 0.1) is 35.8 Å². The number of halogens is 3. The van der Waals surface area contributed by atoms with E-state index in [1.165, 1.54) is 34.9 Å². The molecule has 4 aromatic carbocycles. The van der Waals surface area contributed by atoms with Gasteiger partial charge in [-0.3, -0.25) is 19.2 Å². The normalized spacial score (nSPS) is 16.3. The van der Waals surface area contributed by atoms with Crippen molar-refractivity contribution in [2.45, 2.75) is 111 Å². The van der Waals surface area contributed by atoms with Crippen molar-refractivity contribution in [3.05, 3.63) is 143 Å². The van der Waals surface area contributed by atoms with Crippen LogP contribution in [0.1, 0.15) is 94.5 Å². The Morgan fingerprint density at radius 3 is 2.22 bits per heavy atom. The van der Waals surface area contributed by atoms with Gasteiger partial charge in [-0.1, -0.05) is 101 Å². The Kier molecular flexibility index (Phi) is 20.2. The van der Waals surface area contributed by atoms with E-state index in [2.05, 4.69) is 21.3 Å². The number of amides is 7. The average Bonchev–Trinajstić information content (AvgIpc) is 4.02. The van der Waals surface area contributed by atoms with Crippen LogP contribution in [0.2, 0.25) is 0 Å². The summed E-state index contributed by atoms with van der Waals surface area (Å²) >= 11 is 0. The third kappa shape index (κ3) is 15.9. The van der Waals surface area contributed by atoms with Crippen molar-refractivity contribution >= 4 is 41.4 Å². The number of primary amides is 1. The molecule has 7 amide bonds. The smallest absolute Gasteiger partial charge is 0.410 e. The van der Waals surface area contributed by atoms with E-state index in [0.29, 0.717) is 22.4 Å². The Bertz CT molecular complexity index is 2900. The van der Waals surface area contributed by atoms with Crippen LogP contribution in [0.15, 0.2) is 103 Å². The van der Waals surface area contributed by atoms with Gasteiger partial charge in [0.1, 0.15) is 54.5 Å². The first-order valence-electron chi connectivity index (χ1n) is 25.9. The molecule has 2 heterocycles. The quantitative estimate of drug-likeness (QED) is 0.0357. The molecule has 9 N–H and O–H groups in total. The molecule has 6 rings (SSSR count). The zero-order valence-corrected chi connectivity index (χ0v) is 45.0. The molecule has 1 aromatic heterocycles. The number of aromatic nitrogens is 2. The molecule has 21 heteroatoms. The van der Waals surface area contributed by atoms with Gasteiger partial charge in [-0.25, -0.2) is 27.7 Å². The van der Waals surface area contributed by atoms with Gasteiger partial charge in [0.15, 0.2) is 0 Å². The highest BCUT2D eigenvalue weighted by molar-refractivity contribution is 5.98. The van der Waals surface area contributed by atoms with Crippen molar-refractivity contribution in [1.82, 2.24) is 35.3 Å². The van der Waals surface area contributed by atoms with Crippen LogP contribution >= 0.6 is 0 Å². The number of nitrogens with one attached hydrogen (secondary N) is 4. The van der Waals surface area contributed by atoms with Crippen LogP contribution in [-0.2, 0) is 37.1 Å². The maximum absolute atomic E-state index is 16.2. The minimum Gasteiger partial charge on any atom is -0.445 e. The van der Waals surface area contributed by atoms with E-state index >= 15 is 8.78 Å². The van der Waals surface area contributed by atoms with Gasteiger partial charge in [0, 0.05) is 49.5 Å². The number of ether oxygens (including phenoxy) is 1. The molecule has 0 aliphatic carbocycles. The molecular formula is C57H71F3N10O8. The number of carbonyl (C=O) groups excluding carboxylic acids is 6. The van der Waals surface area contributed by atoms with Gasteiger partial charge in [0.2, 0.25) is 17.7 Å². The number of aliphatic hydroxyl groups excluding tert-OH is 1.